The molecule has 7 heteroatoms. The summed E-state index contributed by atoms with van der Waals surface area (Å²) in [7, 11) is 0. The van der Waals surface area contributed by atoms with Crippen LogP contribution in [-0.2, 0) is 16.0 Å². The number of aryl methyl sites for hydroxylation is 1. The highest BCUT2D eigenvalue weighted by Gasteiger charge is 2.47. The van der Waals surface area contributed by atoms with Crippen molar-refractivity contribution >= 4 is 33.9 Å². The van der Waals surface area contributed by atoms with E-state index >= 15 is 0 Å². The van der Waals surface area contributed by atoms with Crippen LogP contribution >= 0.6 is 0 Å². The first-order chi connectivity index (χ1) is 19.0. The van der Waals surface area contributed by atoms with Crippen LogP contribution in [0.2, 0.25) is 0 Å². The highest BCUT2D eigenvalue weighted by Crippen LogP contribution is 2.46. The number of phenols is 1. The Hall–Kier alpha value is -4.78. The Labute approximate surface area is 225 Å². The molecular formula is C32H27NO6. The van der Waals surface area contributed by atoms with Crippen LogP contribution in [0.1, 0.15) is 36.1 Å². The number of benzene rings is 4. The summed E-state index contributed by atoms with van der Waals surface area (Å²) >= 11 is 0. The van der Waals surface area contributed by atoms with Gasteiger partial charge in [-0.2, -0.15) is 0 Å². The minimum Gasteiger partial charge on any atom is -0.507 e. The molecule has 4 aromatic rings. The van der Waals surface area contributed by atoms with Crippen molar-refractivity contribution in [1.82, 2.24) is 0 Å². The summed E-state index contributed by atoms with van der Waals surface area (Å²) in [5.74, 6) is -0.872. The lowest BCUT2D eigenvalue weighted by Gasteiger charge is -2.27. The molecular weight excluding hydrogens is 494 g/mol. The number of amides is 1. The van der Waals surface area contributed by atoms with Gasteiger partial charge in [0.2, 0.25) is 0 Å². The number of carbonyl (C=O) groups excluding carboxylic acids is 2. The predicted molar refractivity (Wildman–Crippen MR) is 148 cm³/mol. The molecule has 0 aromatic heterocycles. The summed E-state index contributed by atoms with van der Waals surface area (Å²) in [4.78, 5) is 28.8. The molecule has 0 spiro atoms. The number of phenolic OH excluding ortho intramolecular Hbond substituents is 1. The van der Waals surface area contributed by atoms with Crippen molar-refractivity contribution in [3.63, 3.8) is 0 Å². The molecule has 1 unspecified atom stereocenters. The fourth-order valence-corrected chi connectivity index (χ4v) is 5.45. The van der Waals surface area contributed by atoms with Gasteiger partial charge in [-0.25, -0.2) is 0 Å². The zero-order valence-corrected chi connectivity index (χ0v) is 21.4. The first kappa shape index (κ1) is 24.6. The number of fused-ring (bicyclic) bond motifs is 2. The maximum Gasteiger partial charge on any atom is 0.300 e. The van der Waals surface area contributed by atoms with Gasteiger partial charge in [0.25, 0.3) is 11.7 Å². The summed E-state index contributed by atoms with van der Waals surface area (Å²) in [6.45, 7) is 2.75. The molecule has 4 aromatic carbocycles. The van der Waals surface area contributed by atoms with Crippen LogP contribution in [0.3, 0.4) is 0 Å². The zero-order chi connectivity index (χ0) is 27.1. The monoisotopic (exact) mass is 521 g/mol. The van der Waals surface area contributed by atoms with E-state index in [-0.39, 0.29) is 22.8 Å². The number of hydrogen-bond donors (Lipinski definition) is 2. The van der Waals surface area contributed by atoms with E-state index in [0.29, 0.717) is 30.0 Å². The number of aromatic hydroxyl groups is 1. The number of nitrogens with zero attached hydrogens (tertiary/aromatic N) is 1. The van der Waals surface area contributed by atoms with E-state index in [4.69, 9.17) is 9.47 Å². The van der Waals surface area contributed by atoms with Gasteiger partial charge in [-0.3, -0.25) is 14.5 Å². The van der Waals surface area contributed by atoms with Gasteiger partial charge in [-0.1, -0.05) is 42.5 Å². The van der Waals surface area contributed by atoms with Gasteiger partial charge in [0.15, 0.2) is 11.5 Å². The van der Waals surface area contributed by atoms with E-state index < -0.39 is 17.7 Å². The lowest BCUT2D eigenvalue weighted by Crippen LogP contribution is -2.29. The number of Topliss-reactive ketones (excluding diaryl/α,β-unsaturated/α-hetero) is 1. The number of aliphatic hydroxyl groups excluding tert-OH is 1. The molecule has 39 heavy (non-hydrogen) atoms. The van der Waals surface area contributed by atoms with Crippen LogP contribution in [0.4, 0.5) is 5.69 Å². The Morgan fingerprint density at radius 2 is 1.85 bits per heavy atom. The largest absolute Gasteiger partial charge is 0.507 e. The number of rotatable bonds is 5. The van der Waals surface area contributed by atoms with E-state index in [0.717, 1.165) is 34.9 Å². The molecule has 6 rings (SSSR count). The quantitative estimate of drug-likeness (QED) is 0.193. The van der Waals surface area contributed by atoms with Gasteiger partial charge in [-0.05, 0) is 72.7 Å². The number of carbonyl (C=O) groups is 2. The molecule has 1 saturated heterocycles. The second-order valence-electron chi connectivity index (χ2n) is 9.60. The van der Waals surface area contributed by atoms with Gasteiger partial charge >= 0.3 is 0 Å². The summed E-state index contributed by atoms with van der Waals surface area (Å²) in [5.41, 5.74) is 2.41. The van der Waals surface area contributed by atoms with E-state index in [1.54, 1.807) is 37.3 Å². The minimum absolute atomic E-state index is 0.0299. The van der Waals surface area contributed by atoms with Gasteiger partial charge in [-0.15, -0.1) is 0 Å². The second kappa shape index (κ2) is 9.83. The average molecular weight is 522 g/mol. The van der Waals surface area contributed by atoms with E-state index in [9.17, 15) is 19.8 Å². The molecule has 2 N–H and O–H groups in total. The maximum atomic E-state index is 13.7. The molecule has 1 fully saturated rings. The summed E-state index contributed by atoms with van der Waals surface area (Å²) in [5, 5.41) is 23.7. The fraction of sp³-hybridized carbons (Fsp3) is 0.188. The van der Waals surface area contributed by atoms with Crippen molar-refractivity contribution in [1.29, 1.82) is 0 Å². The first-order valence-electron chi connectivity index (χ1n) is 13.0. The highest BCUT2D eigenvalue weighted by molar-refractivity contribution is 6.52. The Balaban J connectivity index is 1.59. The molecule has 2 heterocycles. The standard InChI is InChI=1S/C32H27NO6/c1-2-38-27-18-21(12-14-25(27)34)29-28(30(35)22-13-15-26-20(17-22)9-6-16-39-26)31(36)32(37)33(29)24-11-5-8-19-7-3-4-10-23(19)24/h3-5,7-8,10-15,17-18,29,34-35H,2,6,9,16H2,1H3/b30-28+. The molecule has 0 aliphatic carbocycles. The van der Waals surface area contributed by atoms with E-state index in [1.165, 1.54) is 11.0 Å². The molecule has 2 aliphatic heterocycles. The Morgan fingerprint density at radius 1 is 1.03 bits per heavy atom. The number of ether oxygens (including phenoxy) is 2. The van der Waals surface area contributed by atoms with Gasteiger partial charge in [0.1, 0.15) is 11.5 Å². The van der Waals surface area contributed by atoms with Crippen LogP contribution < -0.4 is 14.4 Å². The smallest absolute Gasteiger partial charge is 0.300 e. The SMILES string of the molecule is CCOc1cc(C2/C(=C(\O)c3ccc4c(c3)CCCO4)C(=O)C(=O)N2c2cccc3ccccc23)ccc1O. The minimum atomic E-state index is -0.956. The van der Waals surface area contributed by atoms with Crippen molar-refractivity contribution in [2.45, 2.75) is 25.8 Å². The predicted octanol–water partition coefficient (Wildman–Crippen LogP) is 5.90. The Morgan fingerprint density at radius 3 is 2.69 bits per heavy atom. The summed E-state index contributed by atoms with van der Waals surface area (Å²) < 4.78 is 11.3. The normalized spacial score (nSPS) is 18.2. The molecule has 7 nitrogen and oxygen atoms in total. The maximum absolute atomic E-state index is 13.7. The van der Waals surface area contributed by atoms with Crippen LogP contribution in [0.25, 0.3) is 16.5 Å². The van der Waals surface area contributed by atoms with Crippen molar-refractivity contribution in [2.24, 2.45) is 0 Å². The fourth-order valence-electron chi connectivity index (χ4n) is 5.45. The molecule has 1 amide bonds. The van der Waals surface area contributed by atoms with Gasteiger partial charge < -0.3 is 19.7 Å². The van der Waals surface area contributed by atoms with Crippen molar-refractivity contribution in [3.05, 3.63) is 101 Å². The molecule has 2 aliphatic rings. The third-order valence-electron chi connectivity index (χ3n) is 7.25. The topological polar surface area (TPSA) is 96.3 Å². The number of anilines is 1. The van der Waals surface area contributed by atoms with E-state index in [2.05, 4.69) is 0 Å². The zero-order valence-electron chi connectivity index (χ0n) is 21.4. The van der Waals surface area contributed by atoms with E-state index in [1.807, 2.05) is 42.5 Å². The average Bonchev–Trinajstić information content (AvgIpc) is 3.23. The van der Waals surface area contributed by atoms with Crippen molar-refractivity contribution < 1.29 is 29.3 Å². The number of aliphatic hydroxyl groups is 1. The molecule has 0 radical (unpaired) electrons. The van der Waals surface area contributed by atoms with Crippen molar-refractivity contribution in [3.8, 4) is 17.2 Å². The Kier molecular flexibility index (Phi) is 6.19. The molecule has 0 bridgehead atoms. The lowest BCUT2D eigenvalue weighted by molar-refractivity contribution is -0.132. The van der Waals surface area contributed by atoms with Gasteiger partial charge in [0, 0.05) is 10.9 Å². The summed E-state index contributed by atoms with van der Waals surface area (Å²) in [6.07, 6.45) is 1.65. The summed E-state index contributed by atoms with van der Waals surface area (Å²) in [6, 6.07) is 22.2. The van der Waals surface area contributed by atoms with Crippen molar-refractivity contribution in [2.75, 3.05) is 18.1 Å². The molecule has 0 saturated carbocycles. The van der Waals surface area contributed by atoms with Crippen LogP contribution in [-0.4, -0.2) is 35.1 Å². The molecule has 1 atom stereocenters. The third kappa shape index (κ3) is 4.16. The third-order valence-corrected chi connectivity index (χ3v) is 7.25. The van der Waals surface area contributed by atoms with Gasteiger partial charge in [0.05, 0.1) is 30.5 Å². The first-order valence-corrected chi connectivity index (χ1v) is 13.0. The Bertz CT molecular complexity index is 1650. The second-order valence-corrected chi connectivity index (χ2v) is 9.60. The lowest BCUT2D eigenvalue weighted by atomic mass is 9.93. The molecule has 196 valence electrons. The van der Waals surface area contributed by atoms with Crippen LogP contribution in [0.15, 0.2) is 84.4 Å². The van der Waals surface area contributed by atoms with Crippen LogP contribution in [0, 0.1) is 0 Å². The van der Waals surface area contributed by atoms with Crippen LogP contribution in [0.5, 0.6) is 17.2 Å². The highest BCUT2D eigenvalue weighted by atomic mass is 16.5. The number of hydrogen-bond acceptors (Lipinski definition) is 6. The number of ketones is 1.